The Balaban J connectivity index is 0.000000199. The first-order valence-electron chi connectivity index (χ1n) is 18.4. The van der Waals surface area contributed by atoms with Crippen LogP contribution in [0.3, 0.4) is 0 Å². The summed E-state index contributed by atoms with van der Waals surface area (Å²) in [6.07, 6.45) is 12.2. The highest BCUT2D eigenvalue weighted by atomic mass is 19.1. The van der Waals surface area contributed by atoms with Gasteiger partial charge in [-0.3, -0.25) is 9.59 Å². The molecular weight excluding hydrogens is 619 g/mol. The van der Waals surface area contributed by atoms with Gasteiger partial charge in [-0.05, 0) is 130 Å². The largest absolute Gasteiger partial charge is 0.463 e. The molecule has 5 saturated carbocycles. The van der Waals surface area contributed by atoms with Gasteiger partial charge in [-0.15, -0.1) is 0 Å². The number of carbonyl (C=O) groups is 4. The molecule has 48 heavy (non-hydrogen) atoms. The third-order valence-electron chi connectivity index (χ3n) is 11.9. The Hall–Kier alpha value is -2.23. The van der Waals surface area contributed by atoms with Gasteiger partial charge in [0.1, 0.15) is 11.2 Å². The Labute approximate surface area is 287 Å². The van der Waals surface area contributed by atoms with Crippen molar-refractivity contribution in [3.63, 3.8) is 0 Å². The summed E-state index contributed by atoms with van der Waals surface area (Å²) in [4.78, 5) is 46.5. The normalized spacial score (nSPS) is 31.3. The molecule has 0 radical (unpaired) electrons. The predicted molar refractivity (Wildman–Crippen MR) is 179 cm³/mol. The molecule has 5 aliphatic carbocycles. The van der Waals surface area contributed by atoms with Gasteiger partial charge < -0.3 is 24.1 Å². The number of carbonyl (C=O) groups excluding carboxylic acids is 4. The fourth-order valence-electron chi connectivity index (χ4n) is 7.74. The van der Waals surface area contributed by atoms with Crippen molar-refractivity contribution in [2.75, 3.05) is 6.61 Å². The van der Waals surface area contributed by atoms with Crippen molar-refractivity contribution < 1.29 is 47.6 Å². The number of esters is 4. The molecule has 10 heteroatoms. The summed E-state index contributed by atoms with van der Waals surface area (Å²) in [6.45, 7) is 16.9. The van der Waals surface area contributed by atoms with Crippen molar-refractivity contribution in [1.29, 1.82) is 0 Å². The molecule has 0 aromatic carbocycles. The third kappa shape index (κ3) is 9.72. The Kier molecular flexibility index (Phi) is 12.8. The van der Waals surface area contributed by atoms with Crippen LogP contribution in [0.2, 0.25) is 0 Å². The summed E-state index contributed by atoms with van der Waals surface area (Å²) in [5.41, 5.74) is -3.81. The maximum atomic E-state index is 13.4. The standard InChI is InChI=1S/C16H26O3.C13H24O2.C9H13FO4/c1-4-14(2,3)13(17)19-16-8-11-5-12(9-16)7-15(18,6-11)10-16;1-5-12(3,4)11(14)15-13(6-2)9-7-8-10-13;1-3-9(2,10)8(12)14-6-4-5-13-7(6)11/h11-12,18H,4-10H2,1-3H3;5-10H2,1-4H3;6H,3-5H2,1-2H3. The molecule has 9 nitrogen and oxygen atoms in total. The second-order valence-electron chi connectivity index (χ2n) is 16.8. The number of aliphatic hydroxyl groups is 1. The van der Waals surface area contributed by atoms with Gasteiger partial charge in [0.05, 0.1) is 23.0 Å². The summed E-state index contributed by atoms with van der Waals surface area (Å²) in [7, 11) is 0. The third-order valence-corrected chi connectivity index (χ3v) is 11.9. The molecule has 4 atom stereocenters. The van der Waals surface area contributed by atoms with Gasteiger partial charge in [-0.25, -0.2) is 14.0 Å². The smallest absolute Gasteiger partial charge is 0.347 e. The minimum atomic E-state index is -2.02. The van der Waals surface area contributed by atoms with E-state index < -0.39 is 34.7 Å². The van der Waals surface area contributed by atoms with Crippen LogP contribution in [0.4, 0.5) is 4.39 Å². The minimum Gasteiger partial charge on any atom is -0.463 e. The number of cyclic esters (lactones) is 1. The Morgan fingerprint density at radius 1 is 0.833 bits per heavy atom. The molecule has 0 aromatic heterocycles. The van der Waals surface area contributed by atoms with E-state index in [1.54, 1.807) is 0 Å². The van der Waals surface area contributed by atoms with Crippen LogP contribution in [0.15, 0.2) is 0 Å². The monoisotopic (exact) mass is 682 g/mol. The number of hydrogen-bond donors (Lipinski definition) is 1. The van der Waals surface area contributed by atoms with Crippen LogP contribution in [0, 0.1) is 22.7 Å². The van der Waals surface area contributed by atoms with Crippen molar-refractivity contribution in [3.05, 3.63) is 0 Å². The van der Waals surface area contributed by atoms with Crippen LogP contribution in [0.1, 0.15) is 159 Å². The Bertz CT molecular complexity index is 1140. The summed E-state index contributed by atoms with van der Waals surface area (Å²) >= 11 is 0. The highest BCUT2D eigenvalue weighted by Gasteiger charge is 2.59. The summed E-state index contributed by atoms with van der Waals surface area (Å²) in [6, 6.07) is 0. The van der Waals surface area contributed by atoms with Crippen LogP contribution in [-0.4, -0.2) is 64.2 Å². The zero-order valence-electron chi connectivity index (χ0n) is 31.1. The van der Waals surface area contributed by atoms with Crippen molar-refractivity contribution in [2.45, 2.75) is 187 Å². The van der Waals surface area contributed by atoms with Gasteiger partial charge in [0.2, 0.25) is 11.8 Å². The molecule has 1 aliphatic heterocycles. The quantitative estimate of drug-likeness (QED) is 0.182. The summed E-state index contributed by atoms with van der Waals surface area (Å²) in [5, 5.41) is 10.6. The SMILES string of the molecule is CCC(C)(C)C(=O)OC12CC3CC(CC(O)(C3)C1)C2.CCC(C)(F)C(=O)OC1CCOC1=O.CCC1(OC(=O)C(C)(C)CC)CCCC1. The molecule has 6 fully saturated rings. The van der Waals surface area contributed by atoms with E-state index in [-0.39, 0.29) is 41.6 Å². The van der Waals surface area contributed by atoms with Gasteiger partial charge >= 0.3 is 23.9 Å². The molecule has 6 rings (SSSR count). The molecule has 4 bridgehead atoms. The van der Waals surface area contributed by atoms with Crippen LogP contribution in [0.5, 0.6) is 0 Å². The van der Waals surface area contributed by atoms with Crippen molar-refractivity contribution in [3.8, 4) is 0 Å². The number of ether oxygens (including phenoxy) is 4. The topological polar surface area (TPSA) is 125 Å². The number of halogens is 1. The van der Waals surface area contributed by atoms with E-state index in [9.17, 15) is 28.7 Å². The number of hydrogen-bond acceptors (Lipinski definition) is 9. The van der Waals surface area contributed by atoms with Crippen LogP contribution < -0.4 is 0 Å². The van der Waals surface area contributed by atoms with Crippen LogP contribution in [-0.2, 0) is 38.1 Å². The lowest BCUT2D eigenvalue weighted by molar-refractivity contribution is -0.225. The zero-order chi connectivity index (χ0) is 36.2. The molecule has 1 N–H and O–H groups in total. The van der Waals surface area contributed by atoms with Gasteiger partial charge in [-0.1, -0.05) is 27.7 Å². The maximum absolute atomic E-state index is 13.4. The first-order chi connectivity index (χ1) is 22.2. The molecule has 6 aliphatic rings. The van der Waals surface area contributed by atoms with Gasteiger partial charge in [0, 0.05) is 12.8 Å². The van der Waals surface area contributed by atoms with Crippen molar-refractivity contribution in [1.82, 2.24) is 0 Å². The molecule has 1 saturated heterocycles. The minimum absolute atomic E-state index is 0.0197. The van der Waals surface area contributed by atoms with E-state index in [4.69, 9.17) is 14.2 Å². The van der Waals surface area contributed by atoms with Gasteiger partial charge in [0.15, 0.2) is 0 Å². The first-order valence-corrected chi connectivity index (χ1v) is 18.4. The second-order valence-corrected chi connectivity index (χ2v) is 16.8. The van der Waals surface area contributed by atoms with E-state index in [0.29, 0.717) is 24.7 Å². The molecule has 0 spiro atoms. The molecule has 0 amide bonds. The number of rotatable bonds is 10. The van der Waals surface area contributed by atoms with Crippen molar-refractivity contribution >= 4 is 23.9 Å². The van der Waals surface area contributed by atoms with Gasteiger partial charge in [-0.2, -0.15) is 0 Å². The van der Waals surface area contributed by atoms with Gasteiger partial charge in [0.25, 0.3) is 0 Å². The van der Waals surface area contributed by atoms with E-state index in [1.807, 2.05) is 41.5 Å². The Morgan fingerprint density at radius 3 is 1.77 bits per heavy atom. The van der Waals surface area contributed by atoms with E-state index in [1.165, 1.54) is 26.2 Å². The van der Waals surface area contributed by atoms with Crippen LogP contribution in [0.25, 0.3) is 0 Å². The maximum Gasteiger partial charge on any atom is 0.347 e. The summed E-state index contributed by atoms with van der Waals surface area (Å²) < 4.78 is 34.4. The Morgan fingerprint density at radius 2 is 1.35 bits per heavy atom. The summed E-state index contributed by atoms with van der Waals surface area (Å²) in [5.74, 6) is -0.573. The average molecular weight is 683 g/mol. The van der Waals surface area contributed by atoms with E-state index >= 15 is 0 Å². The lowest BCUT2D eigenvalue weighted by Gasteiger charge is -2.59. The highest BCUT2D eigenvalue weighted by Crippen LogP contribution is 2.59. The van der Waals surface area contributed by atoms with E-state index in [2.05, 4.69) is 11.7 Å². The van der Waals surface area contributed by atoms with Crippen LogP contribution >= 0.6 is 0 Å². The van der Waals surface area contributed by atoms with E-state index in [0.717, 1.165) is 64.7 Å². The molecule has 1 heterocycles. The second kappa shape index (κ2) is 15.3. The first kappa shape index (κ1) is 40.2. The number of alkyl halides is 1. The molecular formula is C38H63FO9. The lowest BCUT2D eigenvalue weighted by Crippen LogP contribution is -2.61. The fraction of sp³-hybridized carbons (Fsp3) is 0.895. The molecule has 0 aromatic rings. The highest BCUT2D eigenvalue weighted by molar-refractivity contribution is 5.84. The average Bonchev–Trinajstić information content (AvgIpc) is 3.65. The molecule has 4 unspecified atom stereocenters. The zero-order valence-corrected chi connectivity index (χ0v) is 31.1. The molecule has 276 valence electrons. The fourth-order valence-corrected chi connectivity index (χ4v) is 7.74. The lowest BCUT2D eigenvalue weighted by atomic mass is 9.52. The predicted octanol–water partition coefficient (Wildman–Crippen LogP) is 7.72. The van der Waals surface area contributed by atoms with Crippen molar-refractivity contribution in [2.24, 2.45) is 22.7 Å².